The molecule has 1 aliphatic rings. The molecular formula is C11H16BrNS. The van der Waals surface area contributed by atoms with Crippen molar-refractivity contribution >= 4 is 27.3 Å². The van der Waals surface area contributed by atoms with Crippen molar-refractivity contribution in [1.29, 1.82) is 0 Å². The third-order valence-electron chi connectivity index (χ3n) is 4.14. The molecule has 2 N–H and O–H groups in total. The van der Waals surface area contributed by atoms with Gasteiger partial charge in [0.1, 0.15) is 0 Å². The molecule has 14 heavy (non-hydrogen) atoms. The molecule has 2 atom stereocenters. The lowest BCUT2D eigenvalue weighted by Gasteiger charge is -2.11. The molecule has 3 heteroatoms. The first-order valence-electron chi connectivity index (χ1n) is 4.89. The van der Waals surface area contributed by atoms with Crippen LogP contribution < -0.4 is 5.73 Å². The Morgan fingerprint density at radius 2 is 2.14 bits per heavy atom. The van der Waals surface area contributed by atoms with Crippen LogP contribution in [-0.4, -0.2) is 6.54 Å². The van der Waals surface area contributed by atoms with Crippen molar-refractivity contribution in [3.8, 4) is 0 Å². The standard InChI is InChI=1S/C11H16BrNS/c1-10(2)8(5-13)11(10,3)9-4-7(12)6-14-9/h4,6,8H,5,13H2,1-3H3. The van der Waals surface area contributed by atoms with E-state index in [0.717, 1.165) is 6.54 Å². The van der Waals surface area contributed by atoms with E-state index in [4.69, 9.17) is 5.73 Å². The van der Waals surface area contributed by atoms with E-state index in [1.807, 2.05) is 11.3 Å². The fourth-order valence-corrected chi connectivity index (χ4v) is 4.52. The number of halogens is 1. The van der Waals surface area contributed by atoms with Crippen LogP contribution in [0.5, 0.6) is 0 Å². The largest absolute Gasteiger partial charge is 0.330 e. The molecule has 1 aromatic rings. The summed E-state index contributed by atoms with van der Waals surface area (Å²) in [6, 6.07) is 2.24. The topological polar surface area (TPSA) is 26.0 Å². The molecule has 1 saturated carbocycles. The molecule has 0 spiro atoms. The van der Waals surface area contributed by atoms with Gasteiger partial charge >= 0.3 is 0 Å². The number of hydrogen-bond acceptors (Lipinski definition) is 2. The SMILES string of the molecule is CC1(C)C(CN)C1(C)c1cc(Br)cs1. The summed E-state index contributed by atoms with van der Waals surface area (Å²) in [6.45, 7) is 7.76. The summed E-state index contributed by atoms with van der Waals surface area (Å²) in [5.74, 6) is 0.626. The molecule has 2 rings (SSSR count). The Labute approximate surface area is 97.8 Å². The van der Waals surface area contributed by atoms with Gasteiger partial charge in [-0.1, -0.05) is 20.8 Å². The molecule has 0 amide bonds. The highest BCUT2D eigenvalue weighted by atomic mass is 79.9. The van der Waals surface area contributed by atoms with Crippen LogP contribution in [0.15, 0.2) is 15.9 Å². The van der Waals surface area contributed by atoms with Gasteiger partial charge in [0.2, 0.25) is 0 Å². The third-order valence-corrected chi connectivity index (χ3v) is 6.07. The van der Waals surface area contributed by atoms with Crippen LogP contribution in [0, 0.1) is 11.3 Å². The van der Waals surface area contributed by atoms with Gasteiger partial charge in [0.15, 0.2) is 0 Å². The molecule has 1 heterocycles. The van der Waals surface area contributed by atoms with E-state index in [1.165, 1.54) is 9.35 Å². The molecule has 0 saturated heterocycles. The normalized spacial score (nSPS) is 34.5. The van der Waals surface area contributed by atoms with Crippen LogP contribution >= 0.6 is 27.3 Å². The molecule has 2 unspecified atom stereocenters. The molecule has 0 bridgehead atoms. The summed E-state index contributed by atoms with van der Waals surface area (Å²) in [7, 11) is 0. The van der Waals surface area contributed by atoms with Gasteiger partial charge in [-0.2, -0.15) is 0 Å². The molecule has 0 aromatic carbocycles. The fraction of sp³-hybridized carbons (Fsp3) is 0.636. The first kappa shape index (κ1) is 10.7. The summed E-state index contributed by atoms with van der Waals surface area (Å²) >= 11 is 5.35. The molecule has 1 aromatic heterocycles. The highest BCUT2D eigenvalue weighted by molar-refractivity contribution is 9.10. The van der Waals surface area contributed by atoms with Crippen LogP contribution in [-0.2, 0) is 5.41 Å². The van der Waals surface area contributed by atoms with E-state index < -0.39 is 0 Å². The summed E-state index contributed by atoms with van der Waals surface area (Å²) in [5, 5.41) is 2.16. The van der Waals surface area contributed by atoms with Gasteiger partial charge in [-0.3, -0.25) is 0 Å². The zero-order chi connectivity index (χ0) is 10.6. The van der Waals surface area contributed by atoms with Gasteiger partial charge in [0.25, 0.3) is 0 Å². The Bertz CT molecular complexity index is 358. The minimum absolute atomic E-state index is 0.290. The molecule has 0 radical (unpaired) electrons. The summed E-state index contributed by atoms with van der Waals surface area (Å²) < 4.78 is 1.19. The summed E-state index contributed by atoms with van der Waals surface area (Å²) in [6.07, 6.45) is 0. The van der Waals surface area contributed by atoms with E-state index in [0.29, 0.717) is 16.7 Å². The number of hydrogen-bond donors (Lipinski definition) is 1. The second-order valence-electron chi connectivity index (χ2n) is 4.84. The maximum Gasteiger partial charge on any atom is 0.0285 e. The number of nitrogens with two attached hydrogens (primary N) is 1. The van der Waals surface area contributed by atoms with Crippen molar-refractivity contribution in [3.63, 3.8) is 0 Å². The van der Waals surface area contributed by atoms with E-state index in [1.54, 1.807) is 0 Å². The minimum atomic E-state index is 0.290. The van der Waals surface area contributed by atoms with Crippen LogP contribution in [0.2, 0.25) is 0 Å². The zero-order valence-electron chi connectivity index (χ0n) is 8.80. The van der Waals surface area contributed by atoms with E-state index in [-0.39, 0.29) is 0 Å². The molecule has 78 valence electrons. The van der Waals surface area contributed by atoms with Crippen molar-refractivity contribution in [2.24, 2.45) is 17.1 Å². The molecule has 1 nitrogen and oxygen atoms in total. The first-order valence-corrected chi connectivity index (χ1v) is 6.56. The lowest BCUT2D eigenvalue weighted by atomic mass is 9.96. The highest BCUT2D eigenvalue weighted by Crippen LogP contribution is 2.69. The van der Waals surface area contributed by atoms with Crippen molar-refractivity contribution in [3.05, 3.63) is 20.8 Å². The predicted octanol–water partition coefficient (Wildman–Crippen LogP) is 3.38. The summed E-state index contributed by atoms with van der Waals surface area (Å²) in [4.78, 5) is 1.46. The van der Waals surface area contributed by atoms with Gasteiger partial charge in [0.05, 0.1) is 0 Å². The Morgan fingerprint density at radius 3 is 2.50 bits per heavy atom. The second kappa shape index (κ2) is 3.06. The van der Waals surface area contributed by atoms with Gasteiger partial charge < -0.3 is 5.73 Å². The molecule has 1 aliphatic carbocycles. The quantitative estimate of drug-likeness (QED) is 0.879. The van der Waals surface area contributed by atoms with Gasteiger partial charge in [0, 0.05) is 20.1 Å². The Balaban J connectivity index is 2.36. The maximum atomic E-state index is 5.82. The Hall–Kier alpha value is 0.140. The predicted molar refractivity (Wildman–Crippen MR) is 65.7 cm³/mol. The second-order valence-corrected chi connectivity index (χ2v) is 6.67. The molecular weight excluding hydrogens is 258 g/mol. The van der Waals surface area contributed by atoms with E-state index in [2.05, 4.69) is 48.1 Å². The summed E-state index contributed by atoms with van der Waals surface area (Å²) in [5.41, 5.74) is 6.47. The number of rotatable bonds is 2. The lowest BCUT2D eigenvalue weighted by Crippen LogP contribution is -2.10. The van der Waals surface area contributed by atoms with Crippen molar-refractivity contribution < 1.29 is 0 Å². The van der Waals surface area contributed by atoms with E-state index >= 15 is 0 Å². The number of thiophene rings is 1. The smallest absolute Gasteiger partial charge is 0.0285 e. The van der Waals surface area contributed by atoms with Gasteiger partial charge in [-0.15, -0.1) is 11.3 Å². The highest BCUT2D eigenvalue weighted by Gasteiger charge is 2.68. The van der Waals surface area contributed by atoms with Crippen LogP contribution in [0.25, 0.3) is 0 Å². The van der Waals surface area contributed by atoms with Crippen molar-refractivity contribution in [2.75, 3.05) is 6.54 Å². The zero-order valence-corrected chi connectivity index (χ0v) is 11.2. The minimum Gasteiger partial charge on any atom is -0.330 e. The average molecular weight is 274 g/mol. The Morgan fingerprint density at radius 1 is 1.50 bits per heavy atom. The van der Waals surface area contributed by atoms with Crippen molar-refractivity contribution in [1.82, 2.24) is 0 Å². The van der Waals surface area contributed by atoms with Gasteiger partial charge in [-0.05, 0) is 39.9 Å². The van der Waals surface area contributed by atoms with Gasteiger partial charge in [-0.25, -0.2) is 0 Å². The van der Waals surface area contributed by atoms with Crippen molar-refractivity contribution in [2.45, 2.75) is 26.2 Å². The van der Waals surface area contributed by atoms with Crippen LogP contribution in [0.4, 0.5) is 0 Å². The molecule has 1 fully saturated rings. The average Bonchev–Trinajstić information content (AvgIpc) is 2.49. The van der Waals surface area contributed by atoms with Crippen LogP contribution in [0.3, 0.4) is 0 Å². The maximum absolute atomic E-state index is 5.82. The van der Waals surface area contributed by atoms with E-state index in [9.17, 15) is 0 Å². The Kier molecular flexibility index (Phi) is 2.33. The van der Waals surface area contributed by atoms with Crippen LogP contribution in [0.1, 0.15) is 25.6 Å². The lowest BCUT2D eigenvalue weighted by molar-refractivity contribution is 0.523. The molecule has 0 aliphatic heterocycles. The third kappa shape index (κ3) is 1.15. The monoisotopic (exact) mass is 273 g/mol. The fourth-order valence-electron chi connectivity index (χ4n) is 2.71. The first-order chi connectivity index (χ1) is 6.44.